The third kappa shape index (κ3) is 2.15. The highest BCUT2D eigenvalue weighted by Gasteiger charge is 2.08. The van der Waals surface area contributed by atoms with Crippen molar-refractivity contribution in [3.8, 4) is 0 Å². The number of nitrogens with zero attached hydrogens (tertiary/aromatic N) is 1. The highest BCUT2D eigenvalue weighted by atomic mass is 16.1. The molecular formula is C11H13N3O. The van der Waals surface area contributed by atoms with Crippen molar-refractivity contribution >= 4 is 11.7 Å². The van der Waals surface area contributed by atoms with Crippen LogP contribution < -0.4 is 11.1 Å². The minimum Gasteiger partial charge on any atom is -0.370 e. The number of hydrogen-bond acceptors (Lipinski definition) is 3. The van der Waals surface area contributed by atoms with Gasteiger partial charge in [-0.1, -0.05) is 12.1 Å². The average molecular weight is 203 g/mol. The van der Waals surface area contributed by atoms with Crippen LogP contribution in [0.2, 0.25) is 0 Å². The third-order valence-corrected chi connectivity index (χ3v) is 2.32. The summed E-state index contributed by atoms with van der Waals surface area (Å²) in [5.41, 5.74) is 6.65. The summed E-state index contributed by atoms with van der Waals surface area (Å²) < 4.78 is 0. The van der Waals surface area contributed by atoms with E-state index in [2.05, 4.69) is 10.3 Å². The largest absolute Gasteiger partial charge is 0.370 e. The molecule has 1 aliphatic heterocycles. The summed E-state index contributed by atoms with van der Waals surface area (Å²) in [5.74, 6) is 0.442. The van der Waals surface area contributed by atoms with Crippen LogP contribution in [0, 0.1) is 0 Å². The van der Waals surface area contributed by atoms with Gasteiger partial charge >= 0.3 is 0 Å². The van der Waals surface area contributed by atoms with Crippen LogP contribution in [0.5, 0.6) is 0 Å². The van der Waals surface area contributed by atoms with Crippen LogP contribution in [0.1, 0.15) is 22.3 Å². The summed E-state index contributed by atoms with van der Waals surface area (Å²) in [6, 6.07) is 7.20. The predicted molar refractivity (Wildman–Crippen MR) is 59.0 cm³/mol. The van der Waals surface area contributed by atoms with E-state index in [0.29, 0.717) is 5.56 Å². The number of benzene rings is 1. The molecule has 0 fully saturated rings. The highest BCUT2D eigenvalue weighted by Crippen LogP contribution is 2.07. The lowest BCUT2D eigenvalue weighted by molar-refractivity contribution is 0.100. The number of aliphatic imine (C=N–C) groups is 1. The Morgan fingerprint density at radius 1 is 1.47 bits per heavy atom. The van der Waals surface area contributed by atoms with Gasteiger partial charge in [0.05, 0.1) is 0 Å². The monoisotopic (exact) mass is 203 g/mol. The van der Waals surface area contributed by atoms with Crippen molar-refractivity contribution < 1.29 is 4.79 Å². The number of carbonyl (C=O) groups excluding carboxylic acids is 1. The van der Waals surface area contributed by atoms with Gasteiger partial charge in [-0.05, 0) is 18.6 Å². The minimum atomic E-state index is -0.409. The number of primary amides is 1. The summed E-state index contributed by atoms with van der Waals surface area (Å²) in [5, 5.41) is 3.20. The molecule has 0 aromatic heterocycles. The first kappa shape index (κ1) is 9.71. The summed E-state index contributed by atoms with van der Waals surface area (Å²) in [6.07, 6.45) is 1.05. The van der Waals surface area contributed by atoms with Crippen LogP contribution in [0.15, 0.2) is 29.3 Å². The number of nitrogens with one attached hydrogen (secondary N) is 1. The summed E-state index contributed by atoms with van der Waals surface area (Å²) in [7, 11) is 0. The van der Waals surface area contributed by atoms with Crippen molar-refractivity contribution in [2.24, 2.45) is 10.7 Å². The zero-order chi connectivity index (χ0) is 10.7. The maximum Gasteiger partial charge on any atom is 0.248 e. The first-order valence-corrected chi connectivity index (χ1v) is 4.96. The number of carbonyl (C=O) groups is 1. The van der Waals surface area contributed by atoms with E-state index < -0.39 is 5.91 Å². The predicted octanol–water partition coefficient (Wildman–Crippen LogP) is 0.525. The zero-order valence-electron chi connectivity index (χ0n) is 8.36. The fraction of sp³-hybridized carbons (Fsp3) is 0.273. The van der Waals surface area contributed by atoms with Gasteiger partial charge in [-0.3, -0.25) is 9.79 Å². The Hall–Kier alpha value is -1.84. The molecule has 0 saturated heterocycles. The van der Waals surface area contributed by atoms with Gasteiger partial charge in [0.15, 0.2) is 0 Å². The maximum atomic E-state index is 11.0. The normalized spacial score (nSPS) is 15.3. The lowest BCUT2D eigenvalue weighted by Gasteiger charge is -2.14. The van der Waals surface area contributed by atoms with Crippen molar-refractivity contribution in [2.45, 2.75) is 6.42 Å². The van der Waals surface area contributed by atoms with Crippen LogP contribution in [-0.2, 0) is 0 Å². The van der Waals surface area contributed by atoms with Gasteiger partial charge in [-0.2, -0.15) is 0 Å². The van der Waals surface area contributed by atoms with Gasteiger partial charge in [0.2, 0.25) is 5.91 Å². The van der Waals surface area contributed by atoms with E-state index in [1.54, 1.807) is 12.1 Å². The van der Waals surface area contributed by atoms with Gasteiger partial charge in [0.1, 0.15) is 5.84 Å². The van der Waals surface area contributed by atoms with Crippen LogP contribution >= 0.6 is 0 Å². The molecule has 15 heavy (non-hydrogen) atoms. The van der Waals surface area contributed by atoms with Gasteiger partial charge in [0, 0.05) is 24.2 Å². The van der Waals surface area contributed by atoms with Gasteiger partial charge < -0.3 is 11.1 Å². The smallest absolute Gasteiger partial charge is 0.248 e. The average Bonchev–Trinajstić information content (AvgIpc) is 2.30. The topological polar surface area (TPSA) is 67.5 Å². The quantitative estimate of drug-likeness (QED) is 0.736. The molecule has 4 heteroatoms. The Balaban J connectivity index is 2.31. The molecule has 1 aromatic carbocycles. The molecule has 0 saturated carbocycles. The van der Waals surface area contributed by atoms with Crippen molar-refractivity contribution in [3.05, 3.63) is 35.4 Å². The number of rotatable bonds is 2. The Morgan fingerprint density at radius 2 is 2.33 bits per heavy atom. The summed E-state index contributed by atoms with van der Waals surface area (Å²) in [6.45, 7) is 1.77. The fourth-order valence-electron chi connectivity index (χ4n) is 1.55. The molecule has 1 heterocycles. The van der Waals surface area contributed by atoms with Crippen LogP contribution in [-0.4, -0.2) is 24.8 Å². The van der Waals surface area contributed by atoms with Gasteiger partial charge in [-0.25, -0.2) is 0 Å². The Morgan fingerprint density at radius 3 is 3.00 bits per heavy atom. The molecule has 0 radical (unpaired) electrons. The Kier molecular flexibility index (Phi) is 2.67. The molecule has 4 nitrogen and oxygen atoms in total. The van der Waals surface area contributed by atoms with Gasteiger partial charge in [0.25, 0.3) is 0 Å². The lowest BCUT2D eigenvalue weighted by Crippen LogP contribution is -2.30. The Bertz CT molecular complexity index is 412. The molecule has 2 rings (SSSR count). The molecule has 0 spiro atoms. The van der Waals surface area contributed by atoms with E-state index >= 15 is 0 Å². The van der Waals surface area contributed by atoms with Crippen molar-refractivity contribution in [2.75, 3.05) is 13.1 Å². The molecule has 78 valence electrons. The fourth-order valence-corrected chi connectivity index (χ4v) is 1.55. The molecule has 1 aliphatic rings. The second kappa shape index (κ2) is 4.13. The van der Waals surface area contributed by atoms with E-state index in [1.165, 1.54) is 0 Å². The molecule has 3 N–H and O–H groups in total. The number of nitrogens with two attached hydrogens (primary N) is 1. The number of amidine groups is 1. The molecule has 1 aromatic rings. The maximum absolute atomic E-state index is 11.0. The van der Waals surface area contributed by atoms with Crippen LogP contribution in [0.4, 0.5) is 0 Å². The second-order valence-corrected chi connectivity index (χ2v) is 3.46. The summed E-state index contributed by atoms with van der Waals surface area (Å²) in [4.78, 5) is 15.4. The van der Waals surface area contributed by atoms with E-state index in [0.717, 1.165) is 30.9 Å². The minimum absolute atomic E-state index is 0.409. The highest BCUT2D eigenvalue weighted by molar-refractivity contribution is 6.02. The molecule has 0 atom stereocenters. The SMILES string of the molecule is NC(=O)c1cccc(C2=NCCCN2)c1. The van der Waals surface area contributed by atoms with Crippen molar-refractivity contribution in [1.82, 2.24) is 5.32 Å². The molecule has 0 unspecified atom stereocenters. The summed E-state index contributed by atoms with van der Waals surface area (Å²) >= 11 is 0. The standard InChI is InChI=1S/C11H13N3O/c12-10(15)8-3-1-4-9(7-8)11-13-5-2-6-14-11/h1,3-4,7H,2,5-6H2,(H2,12,15)(H,13,14). The van der Waals surface area contributed by atoms with Crippen molar-refractivity contribution in [3.63, 3.8) is 0 Å². The van der Waals surface area contributed by atoms with Crippen molar-refractivity contribution in [1.29, 1.82) is 0 Å². The zero-order valence-corrected chi connectivity index (χ0v) is 8.36. The first-order chi connectivity index (χ1) is 7.27. The first-order valence-electron chi connectivity index (χ1n) is 4.96. The second-order valence-electron chi connectivity index (χ2n) is 3.46. The molecule has 0 aliphatic carbocycles. The molecule has 0 bridgehead atoms. The van der Waals surface area contributed by atoms with Gasteiger partial charge in [-0.15, -0.1) is 0 Å². The van der Waals surface area contributed by atoms with E-state index in [1.807, 2.05) is 12.1 Å². The van der Waals surface area contributed by atoms with E-state index in [4.69, 9.17) is 5.73 Å². The Labute approximate surface area is 88.2 Å². The molecular weight excluding hydrogens is 190 g/mol. The third-order valence-electron chi connectivity index (χ3n) is 2.32. The molecule has 1 amide bonds. The van der Waals surface area contributed by atoms with E-state index in [-0.39, 0.29) is 0 Å². The van der Waals surface area contributed by atoms with E-state index in [9.17, 15) is 4.79 Å². The lowest BCUT2D eigenvalue weighted by atomic mass is 10.1. The number of amides is 1. The number of hydrogen-bond donors (Lipinski definition) is 2. The van der Waals surface area contributed by atoms with Crippen LogP contribution in [0.25, 0.3) is 0 Å². The van der Waals surface area contributed by atoms with Crippen LogP contribution in [0.3, 0.4) is 0 Å².